The van der Waals surface area contributed by atoms with E-state index in [0.29, 0.717) is 22.9 Å². The second-order valence-corrected chi connectivity index (χ2v) is 8.29. The molecule has 4 rings (SSSR count). The van der Waals surface area contributed by atoms with Gasteiger partial charge in [0, 0.05) is 37.2 Å². The van der Waals surface area contributed by atoms with Crippen LogP contribution in [0.5, 0.6) is 11.6 Å². The van der Waals surface area contributed by atoms with E-state index in [-0.39, 0.29) is 6.42 Å². The number of nitrogens with two attached hydrogens (primary N) is 1. The standard InChI is InChI=1S/C25H25N5O3/c1-4-18-12-23(29(3)28-18)33-22-11-16(14-26)9-10-21(22)30-15-17(13-25(2,27)24(31)32)19-7-5-6-8-20(19)30/h5-12,15H,4,13,27H2,1-3H3,(H,31,32). The van der Waals surface area contributed by atoms with Crippen molar-refractivity contribution in [1.82, 2.24) is 14.3 Å². The highest BCUT2D eigenvalue weighted by Crippen LogP contribution is 2.34. The number of benzene rings is 2. The fraction of sp³-hybridized carbons (Fsp3) is 0.240. The molecule has 1 atom stereocenters. The van der Waals surface area contributed by atoms with Gasteiger partial charge in [-0.15, -0.1) is 0 Å². The van der Waals surface area contributed by atoms with Crippen molar-refractivity contribution in [3.63, 3.8) is 0 Å². The highest BCUT2D eigenvalue weighted by molar-refractivity contribution is 5.88. The lowest BCUT2D eigenvalue weighted by Gasteiger charge is -2.18. The Kier molecular flexibility index (Phi) is 5.66. The summed E-state index contributed by atoms with van der Waals surface area (Å²) in [6, 6.07) is 17.0. The summed E-state index contributed by atoms with van der Waals surface area (Å²) in [5.74, 6) is -0.0225. The molecule has 3 N–H and O–H groups in total. The van der Waals surface area contributed by atoms with Crippen LogP contribution < -0.4 is 10.5 Å². The largest absolute Gasteiger partial charge is 0.480 e. The third-order valence-corrected chi connectivity index (χ3v) is 5.65. The summed E-state index contributed by atoms with van der Waals surface area (Å²) in [5, 5.41) is 24.3. The molecule has 1 unspecified atom stereocenters. The minimum Gasteiger partial charge on any atom is -0.480 e. The van der Waals surface area contributed by atoms with Crippen LogP contribution in [0.1, 0.15) is 30.7 Å². The van der Waals surface area contributed by atoms with Gasteiger partial charge in [0.15, 0.2) is 5.75 Å². The number of fused-ring (bicyclic) bond motifs is 1. The fourth-order valence-electron chi connectivity index (χ4n) is 3.81. The van der Waals surface area contributed by atoms with Crippen molar-refractivity contribution < 1.29 is 14.6 Å². The molecule has 0 fully saturated rings. The number of carbonyl (C=O) groups is 1. The van der Waals surface area contributed by atoms with Crippen LogP contribution in [0.4, 0.5) is 0 Å². The molecule has 2 aromatic carbocycles. The van der Waals surface area contributed by atoms with E-state index in [1.807, 2.05) is 54.1 Å². The van der Waals surface area contributed by atoms with Crippen LogP contribution in [0.2, 0.25) is 0 Å². The minimum absolute atomic E-state index is 0.157. The van der Waals surface area contributed by atoms with Crippen molar-refractivity contribution in [3.8, 4) is 23.4 Å². The van der Waals surface area contributed by atoms with Crippen LogP contribution in [0, 0.1) is 11.3 Å². The molecule has 0 aliphatic carbocycles. The van der Waals surface area contributed by atoms with Crippen LogP contribution in [0.25, 0.3) is 16.6 Å². The number of para-hydroxylation sites is 1. The number of hydrogen-bond donors (Lipinski definition) is 2. The van der Waals surface area contributed by atoms with Crippen molar-refractivity contribution in [2.45, 2.75) is 32.2 Å². The fourth-order valence-corrected chi connectivity index (χ4v) is 3.81. The van der Waals surface area contributed by atoms with Crippen LogP contribution >= 0.6 is 0 Å². The first kappa shape index (κ1) is 22.1. The topological polar surface area (TPSA) is 119 Å². The molecule has 0 radical (unpaired) electrons. The van der Waals surface area contributed by atoms with Gasteiger partial charge in [-0.3, -0.25) is 4.79 Å². The monoisotopic (exact) mass is 443 g/mol. The molecular formula is C25H25N5O3. The number of carboxylic acids is 1. The average Bonchev–Trinajstić information content (AvgIpc) is 3.33. The number of aliphatic carboxylic acids is 1. The molecule has 0 amide bonds. The van der Waals surface area contributed by atoms with E-state index in [1.165, 1.54) is 6.92 Å². The van der Waals surface area contributed by atoms with E-state index < -0.39 is 11.5 Å². The van der Waals surface area contributed by atoms with Gasteiger partial charge in [0.25, 0.3) is 0 Å². The molecule has 4 aromatic rings. The Morgan fingerprint density at radius 2 is 2.03 bits per heavy atom. The van der Waals surface area contributed by atoms with Crippen molar-refractivity contribution >= 4 is 16.9 Å². The average molecular weight is 444 g/mol. The highest BCUT2D eigenvalue weighted by atomic mass is 16.5. The van der Waals surface area contributed by atoms with Gasteiger partial charge in [-0.1, -0.05) is 25.1 Å². The van der Waals surface area contributed by atoms with Crippen molar-refractivity contribution in [2.75, 3.05) is 0 Å². The van der Waals surface area contributed by atoms with Gasteiger partial charge in [0.05, 0.1) is 28.5 Å². The van der Waals surface area contributed by atoms with Gasteiger partial charge in [0.1, 0.15) is 5.54 Å². The zero-order chi connectivity index (χ0) is 23.8. The first-order valence-corrected chi connectivity index (χ1v) is 10.6. The second-order valence-electron chi connectivity index (χ2n) is 8.29. The lowest BCUT2D eigenvalue weighted by molar-refractivity contribution is -0.142. The summed E-state index contributed by atoms with van der Waals surface area (Å²) in [5.41, 5.74) is 8.40. The van der Waals surface area contributed by atoms with Crippen molar-refractivity contribution in [1.29, 1.82) is 5.26 Å². The van der Waals surface area contributed by atoms with E-state index in [4.69, 9.17) is 10.5 Å². The number of hydrogen-bond acceptors (Lipinski definition) is 5. The normalized spacial score (nSPS) is 12.9. The van der Waals surface area contributed by atoms with Gasteiger partial charge >= 0.3 is 5.97 Å². The smallest absolute Gasteiger partial charge is 0.323 e. The maximum Gasteiger partial charge on any atom is 0.323 e. The molecule has 0 saturated carbocycles. The van der Waals surface area contributed by atoms with Crippen molar-refractivity contribution in [3.05, 3.63) is 71.5 Å². The lowest BCUT2D eigenvalue weighted by Crippen LogP contribution is -2.46. The zero-order valence-electron chi connectivity index (χ0n) is 18.7. The van der Waals surface area contributed by atoms with Gasteiger partial charge in [0.2, 0.25) is 5.88 Å². The molecule has 8 heteroatoms. The van der Waals surface area contributed by atoms with Gasteiger partial charge in [-0.05, 0) is 37.1 Å². The van der Waals surface area contributed by atoms with E-state index >= 15 is 0 Å². The number of rotatable bonds is 7. The molecule has 0 aliphatic heterocycles. The molecule has 33 heavy (non-hydrogen) atoms. The maximum atomic E-state index is 11.6. The Labute approximate surface area is 191 Å². The van der Waals surface area contributed by atoms with Crippen LogP contribution in [-0.2, 0) is 24.7 Å². The summed E-state index contributed by atoms with van der Waals surface area (Å²) in [7, 11) is 1.81. The van der Waals surface area contributed by atoms with Gasteiger partial charge in [-0.25, -0.2) is 4.68 Å². The third kappa shape index (κ3) is 4.19. The molecule has 2 aromatic heterocycles. The number of nitriles is 1. The first-order chi connectivity index (χ1) is 15.7. The summed E-state index contributed by atoms with van der Waals surface area (Å²) in [6.07, 6.45) is 2.81. The number of aryl methyl sites for hydroxylation is 2. The molecule has 168 valence electrons. The van der Waals surface area contributed by atoms with Crippen LogP contribution in [0.3, 0.4) is 0 Å². The van der Waals surface area contributed by atoms with Gasteiger partial charge < -0.3 is 20.1 Å². The van der Waals surface area contributed by atoms with E-state index in [9.17, 15) is 15.2 Å². The minimum atomic E-state index is -1.41. The molecule has 0 aliphatic rings. The predicted octanol–water partition coefficient (Wildman–Crippen LogP) is 3.93. The van der Waals surface area contributed by atoms with Crippen molar-refractivity contribution in [2.24, 2.45) is 12.8 Å². The first-order valence-electron chi connectivity index (χ1n) is 10.6. The van der Waals surface area contributed by atoms with E-state index in [2.05, 4.69) is 11.2 Å². The van der Waals surface area contributed by atoms with Crippen LogP contribution in [-0.4, -0.2) is 31.0 Å². The summed E-state index contributed by atoms with van der Waals surface area (Å²) in [4.78, 5) is 11.6. The second kappa shape index (κ2) is 8.45. The predicted molar refractivity (Wildman–Crippen MR) is 125 cm³/mol. The van der Waals surface area contributed by atoms with E-state index in [1.54, 1.807) is 23.9 Å². The van der Waals surface area contributed by atoms with Crippen LogP contribution in [0.15, 0.2) is 54.7 Å². The van der Waals surface area contributed by atoms with E-state index in [0.717, 1.165) is 28.6 Å². The summed E-state index contributed by atoms with van der Waals surface area (Å²) < 4.78 is 9.83. The number of nitrogens with zero attached hydrogens (tertiary/aromatic N) is 4. The zero-order valence-corrected chi connectivity index (χ0v) is 18.7. The quantitative estimate of drug-likeness (QED) is 0.447. The number of ether oxygens (including phenoxy) is 1. The highest BCUT2D eigenvalue weighted by Gasteiger charge is 2.30. The number of carboxylic acid groups (broad SMARTS) is 1. The molecule has 2 heterocycles. The Hall–Kier alpha value is -4.09. The lowest BCUT2D eigenvalue weighted by atomic mass is 9.94. The maximum absolute atomic E-state index is 11.6. The molecular weight excluding hydrogens is 418 g/mol. The third-order valence-electron chi connectivity index (χ3n) is 5.65. The SMILES string of the molecule is CCc1cc(Oc2cc(C#N)ccc2-n2cc(CC(C)(N)C(=O)O)c3ccccc32)n(C)n1. The summed E-state index contributed by atoms with van der Waals surface area (Å²) >= 11 is 0. The Morgan fingerprint density at radius 3 is 2.70 bits per heavy atom. The molecule has 0 spiro atoms. The number of aromatic nitrogens is 3. The van der Waals surface area contributed by atoms with Gasteiger partial charge in [-0.2, -0.15) is 10.4 Å². The Balaban J connectivity index is 1.87. The summed E-state index contributed by atoms with van der Waals surface area (Å²) in [6.45, 7) is 3.52. The molecule has 0 bridgehead atoms. The molecule has 8 nitrogen and oxygen atoms in total. The molecule has 0 saturated heterocycles. The Bertz CT molecular complexity index is 1390. The Morgan fingerprint density at radius 1 is 1.27 bits per heavy atom.